The molecule has 4 nitrogen and oxygen atoms in total. The zero-order chi connectivity index (χ0) is 13.9. The molecule has 0 amide bonds. The molecule has 0 bridgehead atoms. The monoisotopic (exact) mass is 286 g/mol. The van der Waals surface area contributed by atoms with Gasteiger partial charge in [0.05, 0.1) is 24.3 Å². The maximum Gasteiger partial charge on any atom is 0.399 e. The van der Waals surface area contributed by atoms with Gasteiger partial charge in [0.1, 0.15) is 5.92 Å². The van der Waals surface area contributed by atoms with Crippen molar-refractivity contribution < 1.29 is 23.0 Å². The molecule has 1 aliphatic heterocycles. The highest BCUT2D eigenvalue weighted by atomic mass is 32.1. The van der Waals surface area contributed by atoms with Crippen molar-refractivity contribution in [2.75, 3.05) is 26.3 Å². The molecule has 0 aromatic carbocycles. The van der Waals surface area contributed by atoms with E-state index in [1.165, 1.54) is 0 Å². The minimum absolute atomic E-state index is 0.160. The number of morpholine rings is 1. The van der Waals surface area contributed by atoms with Crippen LogP contribution in [0.4, 0.5) is 13.2 Å². The Morgan fingerprint density at radius 2 is 2.22 bits per heavy atom. The van der Waals surface area contributed by atoms with E-state index in [4.69, 9.17) is 15.6 Å². The van der Waals surface area contributed by atoms with Gasteiger partial charge in [0.25, 0.3) is 0 Å². The number of hydrogen-bond donors (Lipinski definition) is 2. The Hall–Kier alpha value is -0.440. The summed E-state index contributed by atoms with van der Waals surface area (Å²) in [5.74, 6) is -1.83. The third kappa shape index (κ3) is 4.04. The fraction of sp³-hybridized carbons (Fsp3) is 0.900. The molecular weight excluding hydrogens is 269 g/mol. The third-order valence-corrected chi connectivity index (χ3v) is 3.28. The number of aliphatic hydroxyl groups excluding tert-OH is 1. The molecule has 0 aromatic heterocycles. The van der Waals surface area contributed by atoms with Crippen LogP contribution >= 0.6 is 12.2 Å². The Labute approximate surface area is 109 Å². The largest absolute Gasteiger partial charge is 0.399 e. The van der Waals surface area contributed by atoms with Crippen molar-refractivity contribution in [2.45, 2.75) is 25.2 Å². The Bertz CT molecular complexity index is 301. The van der Waals surface area contributed by atoms with Crippen LogP contribution in [0.1, 0.15) is 6.92 Å². The first-order chi connectivity index (χ1) is 8.25. The van der Waals surface area contributed by atoms with Crippen LogP contribution < -0.4 is 5.73 Å². The molecule has 0 spiro atoms. The number of alkyl halides is 3. The number of rotatable bonds is 4. The van der Waals surface area contributed by atoms with Crippen molar-refractivity contribution >= 4 is 17.2 Å². The summed E-state index contributed by atoms with van der Waals surface area (Å²) >= 11 is 4.48. The Morgan fingerprint density at radius 3 is 2.67 bits per heavy atom. The van der Waals surface area contributed by atoms with Gasteiger partial charge in [-0.15, -0.1) is 0 Å². The first-order valence-corrected chi connectivity index (χ1v) is 5.99. The van der Waals surface area contributed by atoms with E-state index in [1.54, 1.807) is 11.8 Å². The number of thiocarbonyl (C=S) groups is 1. The van der Waals surface area contributed by atoms with Crippen molar-refractivity contribution in [2.24, 2.45) is 11.7 Å². The van der Waals surface area contributed by atoms with Gasteiger partial charge < -0.3 is 15.6 Å². The van der Waals surface area contributed by atoms with Crippen LogP contribution in [-0.2, 0) is 4.74 Å². The molecule has 8 heteroatoms. The fourth-order valence-electron chi connectivity index (χ4n) is 1.83. The van der Waals surface area contributed by atoms with Crippen LogP contribution in [0.25, 0.3) is 0 Å². The normalized spacial score (nSPS) is 28.1. The number of ether oxygens (including phenoxy) is 1. The lowest BCUT2D eigenvalue weighted by molar-refractivity contribution is -0.167. The maximum atomic E-state index is 12.8. The van der Waals surface area contributed by atoms with Gasteiger partial charge in [-0.3, -0.25) is 4.90 Å². The fourth-order valence-corrected chi connectivity index (χ4v) is 2.04. The molecule has 1 heterocycles. The molecule has 3 N–H and O–H groups in total. The van der Waals surface area contributed by atoms with Crippen molar-refractivity contribution in [3.05, 3.63) is 0 Å². The van der Waals surface area contributed by atoms with E-state index >= 15 is 0 Å². The van der Waals surface area contributed by atoms with Gasteiger partial charge in [0.15, 0.2) is 0 Å². The molecule has 1 saturated heterocycles. The van der Waals surface area contributed by atoms with Gasteiger partial charge in [0.2, 0.25) is 0 Å². The molecule has 1 fully saturated rings. The van der Waals surface area contributed by atoms with Gasteiger partial charge in [-0.25, -0.2) is 0 Å². The number of aliphatic hydroxyl groups is 1. The van der Waals surface area contributed by atoms with Crippen molar-refractivity contribution in [3.8, 4) is 0 Å². The molecule has 106 valence electrons. The van der Waals surface area contributed by atoms with Crippen LogP contribution in [0.3, 0.4) is 0 Å². The van der Waals surface area contributed by atoms with E-state index < -0.39 is 23.2 Å². The van der Waals surface area contributed by atoms with E-state index in [2.05, 4.69) is 12.2 Å². The minimum atomic E-state index is -4.45. The minimum Gasteiger partial charge on any atom is -0.394 e. The standard InChI is InChI=1S/C10H17F3N2O2S/c1-6-5-17-7(4-16)2-15(6)3-8(9(14)18)10(11,12)13/h6-8,16H,2-5H2,1H3,(H2,14,18). The molecule has 3 unspecified atom stereocenters. The van der Waals surface area contributed by atoms with Gasteiger partial charge >= 0.3 is 6.18 Å². The van der Waals surface area contributed by atoms with Crippen LogP contribution in [0.2, 0.25) is 0 Å². The van der Waals surface area contributed by atoms with E-state index in [-0.39, 0.29) is 32.3 Å². The summed E-state index contributed by atoms with van der Waals surface area (Å²) < 4.78 is 43.5. The molecule has 0 aromatic rings. The Kier molecular flexibility index (Phi) is 5.32. The average Bonchev–Trinajstić information content (AvgIpc) is 2.25. The molecule has 0 saturated carbocycles. The predicted octanol–water partition coefficient (Wildman–Crippen LogP) is 0.533. The Morgan fingerprint density at radius 1 is 1.61 bits per heavy atom. The van der Waals surface area contributed by atoms with Crippen LogP contribution in [-0.4, -0.2) is 59.6 Å². The highest BCUT2D eigenvalue weighted by Gasteiger charge is 2.43. The van der Waals surface area contributed by atoms with Gasteiger partial charge in [-0.2, -0.15) is 13.2 Å². The van der Waals surface area contributed by atoms with Crippen molar-refractivity contribution in [3.63, 3.8) is 0 Å². The summed E-state index contributed by atoms with van der Waals surface area (Å²) in [5.41, 5.74) is 5.16. The summed E-state index contributed by atoms with van der Waals surface area (Å²) in [6.07, 6.45) is -4.90. The van der Waals surface area contributed by atoms with Crippen LogP contribution in [0.5, 0.6) is 0 Å². The Balaban J connectivity index is 2.70. The molecule has 0 radical (unpaired) electrons. The molecule has 18 heavy (non-hydrogen) atoms. The summed E-state index contributed by atoms with van der Waals surface area (Å²) in [7, 11) is 0. The highest BCUT2D eigenvalue weighted by Crippen LogP contribution is 2.28. The SMILES string of the molecule is CC1COC(CO)CN1CC(C(N)=S)C(F)(F)F. The van der Waals surface area contributed by atoms with Crippen LogP contribution in [0.15, 0.2) is 0 Å². The first kappa shape index (κ1) is 15.6. The topological polar surface area (TPSA) is 58.7 Å². The van der Waals surface area contributed by atoms with Crippen molar-refractivity contribution in [1.29, 1.82) is 0 Å². The number of nitrogens with two attached hydrogens (primary N) is 1. The summed E-state index contributed by atoms with van der Waals surface area (Å²) in [5, 5.41) is 8.97. The lowest BCUT2D eigenvalue weighted by Crippen LogP contribution is -2.54. The second-order valence-electron chi connectivity index (χ2n) is 4.44. The van der Waals surface area contributed by atoms with E-state index in [0.717, 1.165) is 0 Å². The second-order valence-corrected chi connectivity index (χ2v) is 4.91. The highest BCUT2D eigenvalue weighted by molar-refractivity contribution is 7.80. The van der Waals surface area contributed by atoms with E-state index in [1.807, 2.05) is 0 Å². The van der Waals surface area contributed by atoms with Gasteiger partial charge in [-0.05, 0) is 6.92 Å². The summed E-state index contributed by atoms with van der Waals surface area (Å²) in [6, 6.07) is -0.160. The number of nitrogens with zero attached hydrogens (tertiary/aromatic N) is 1. The van der Waals surface area contributed by atoms with E-state index in [9.17, 15) is 13.2 Å². The number of hydrogen-bond acceptors (Lipinski definition) is 4. The maximum absolute atomic E-state index is 12.8. The van der Waals surface area contributed by atoms with Gasteiger partial charge in [0, 0.05) is 19.1 Å². The lowest BCUT2D eigenvalue weighted by atomic mass is 10.1. The predicted molar refractivity (Wildman–Crippen MR) is 64.2 cm³/mol. The van der Waals surface area contributed by atoms with Gasteiger partial charge in [-0.1, -0.05) is 12.2 Å². The quantitative estimate of drug-likeness (QED) is 0.739. The molecule has 0 aliphatic carbocycles. The third-order valence-electron chi connectivity index (χ3n) is 2.99. The number of halogens is 3. The average molecular weight is 286 g/mol. The summed E-state index contributed by atoms with van der Waals surface area (Å²) in [6.45, 7) is 1.79. The zero-order valence-electron chi connectivity index (χ0n) is 9.98. The lowest BCUT2D eigenvalue weighted by Gasteiger charge is -2.39. The van der Waals surface area contributed by atoms with Crippen molar-refractivity contribution in [1.82, 2.24) is 4.90 Å². The zero-order valence-corrected chi connectivity index (χ0v) is 10.8. The van der Waals surface area contributed by atoms with Crippen LogP contribution in [0, 0.1) is 5.92 Å². The molecule has 1 aliphatic rings. The first-order valence-electron chi connectivity index (χ1n) is 5.58. The molecule has 3 atom stereocenters. The van der Waals surface area contributed by atoms with E-state index in [0.29, 0.717) is 0 Å². The molecular formula is C10H17F3N2O2S. The summed E-state index contributed by atoms with van der Waals surface area (Å²) in [4.78, 5) is 1.04. The second kappa shape index (κ2) is 6.14. The smallest absolute Gasteiger partial charge is 0.394 e. The molecule has 1 rings (SSSR count).